The van der Waals surface area contributed by atoms with E-state index in [0.717, 1.165) is 16.7 Å². The van der Waals surface area contributed by atoms with Gasteiger partial charge in [-0.2, -0.15) is 0 Å². The summed E-state index contributed by atoms with van der Waals surface area (Å²) in [7, 11) is 0. The summed E-state index contributed by atoms with van der Waals surface area (Å²) in [4.78, 5) is 26.7. The molecule has 0 atom stereocenters. The first kappa shape index (κ1) is 24.9. The second kappa shape index (κ2) is 11.0. The first-order valence-electron chi connectivity index (χ1n) is 10.7. The van der Waals surface area contributed by atoms with E-state index >= 15 is 0 Å². The summed E-state index contributed by atoms with van der Waals surface area (Å²) in [5.74, 6) is -0.376. The molecule has 9 heteroatoms. The minimum Gasteiger partial charge on any atom is -0.490 e. The Morgan fingerprint density at radius 2 is 1.77 bits per heavy atom. The third-order valence-electron chi connectivity index (χ3n) is 5.09. The van der Waals surface area contributed by atoms with E-state index in [1.807, 2.05) is 6.92 Å². The van der Waals surface area contributed by atoms with Crippen LogP contribution in [0, 0.1) is 11.6 Å². The maximum Gasteiger partial charge on any atom is 0.293 e. The molecular formula is C26H20BrF2NO4S. The summed E-state index contributed by atoms with van der Waals surface area (Å²) in [6.07, 6.45) is 1.60. The smallest absolute Gasteiger partial charge is 0.293 e. The number of amides is 2. The maximum absolute atomic E-state index is 14.0. The van der Waals surface area contributed by atoms with Gasteiger partial charge in [-0.3, -0.25) is 14.5 Å². The normalized spacial score (nSPS) is 14.6. The van der Waals surface area contributed by atoms with Gasteiger partial charge in [0, 0.05) is 5.56 Å². The van der Waals surface area contributed by atoms with Crippen molar-refractivity contribution in [2.45, 2.75) is 20.1 Å². The summed E-state index contributed by atoms with van der Waals surface area (Å²) in [5.41, 5.74) is 1.67. The van der Waals surface area contributed by atoms with Crippen LogP contribution in [-0.2, 0) is 17.9 Å². The van der Waals surface area contributed by atoms with Gasteiger partial charge in [-0.25, -0.2) is 8.78 Å². The molecule has 0 saturated carbocycles. The van der Waals surface area contributed by atoms with E-state index in [9.17, 15) is 18.4 Å². The molecule has 5 nitrogen and oxygen atoms in total. The topological polar surface area (TPSA) is 55.8 Å². The van der Waals surface area contributed by atoms with Crippen molar-refractivity contribution in [3.63, 3.8) is 0 Å². The van der Waals surface area contributed by atoms with Crippen molar-refractivity contribution in [1.82, 2.24) is 4.90 Å². The minimum absolute atomic E-state index is 0.00691. The second-order valence-corrected chi connectivity index (χ2v) is 9.38. The maximum atomic E-state index is 14.0. The number of carbonyl (C=O) groups is 2. The molecule has 0 spiro atoms. The van der Waals surface area contributed by atoms with Crippen LogP contribution < -0.4 is 9.47 Å². The van der Waals surface area contributed by atoms with Gasteiger partial charge in [-0.15, -0.1) is 0 Å². The van der Waals surface area contributed by atoms with Gasteiger partial charge in [0.25, 0.3) is 11.1 Å². The van der Waals surface area contributed by atoms with Crippen molar-refractivity contribution in [3.05, 3.63) is 98.4 Å². The molecule has 0 bridgehead atoms. The molecule has 0 aromatic heterocycles. The van der Waals surface area contributed by atoms with Gasteiger partial charge in [-0.1, -0.05) is 30.3 Å². The average molecular weight is 560 g/mol. The molecule has 1 aliphatic rings. The molecule has 3 aromatic carbocycles. The Labute approximate surface area is 213 Å². The number of hydrogen-bond acceptors (Lipinski definition) is 5. The van der Waals surface area contributed by atoms with Gasteiger partial charge >= 0.3 is 0 Å². The molecular weight excluding hydrogens is 540 g/mol. The van der Waals surface area contributed by atoms with Crippen LogP contribution in [0.2, 0.25) is 0 Å². The minimum atomic E-state index is -0.432. The molecule has 4 rings (SSSR count). The molecule has 1 saturated heterocycles. The Morgan fingerprint density at radius 3 is 2.49 bits per heavy atom. The fourth-order valence-electron chi connectivity index (χ4n) is 3.40. The lowest BCUT2D eigenvalue weighted by molar-refractivity contribution is -0.123. The molecule has 1 aliphatic heterocycles. The lowest BCUT2D eigenvalue weighted by Gasteiger charge is -2.15. The first-order chi connectivity index (χ1) is 16.9. The Balaban J connectivity index is 1.55. The Morgan fingerprint density at radius 1 is 1.03 bits per heavy atom. The number of ether oxygens (including phenoxy) is 2. The van der Waals surface area contributed by atoms with Gasteiger partial charge < -0.3 is 9.47 Å². The highest BCUT2D eigenvalue weighted by Crippen LogP contribution is 2.40. The molecule has 0 N–H and O–H groups in total. The van der Waals surface area contributed by atoms with Crippen LogP contribution >= 0.6 is 27.7 Å². The van der Waals surface area contributed by atoms with Crippen LogP contribution in [0.15, 0.2) is 70.0 Å². The number of nitrogens with zero attached hydrogens (tertiary/aromatic N) is 1. The number of rotatable bonds is 8. The largest absolute Gasteiger partial charge is 0.490 e. The van der Waals surface area contributed by atoms with Crippen LogP contribution in [0.5, 0.6) is 11.5 Å². The average Bonchev–Trinajstić information content (AvgIpc) is 3.08. The second-order valence-electron chi connectivity index (χ2n) is 7.54. The Hall–Kier alpha value is -3.17. The molecule has 35 heavy (non-hydrogen) atoms. The Kier molecular flexibility index (Phi) is 7.87. The fraction of sp³-hybridized carbons (Fsp3) is 0.154. The molecule has 3 aromatic rings. The molecule has 2 amide bonds. The standard InChI is InChI=1S/C26H20BrF2NO4S/c1-2-33-22-12-17(11-20(27)24(22)34-15-18-5-3-4-6-21(18)29)13-23-25(31)30(26(32)35-23)14-16-7-9-19(28)10-8-16/h3-13H,2,14-15H2,1H3/b23-13-. The summed E-state index contributed by atoms with van der Waals surface area (Å²) in [5, 5.41) is -0.403. The molecule has 0 radical (unpaired) electrons. The lowest BCUT2D eigenvalue weighted by atomic mass is 10.1. The third kappa shape index (κ3) is 5.91. The van der Waals surface area contributed by atoms with Crippen molar-refractivity contribution in [3.8, 4) is 11.5 Å². The fourth-order valence-corrected chi connectivity index (χ4v) is 4.81. The van der Waals surface area contributed by atoms with Gasteiger partial charge in [0.15, 0.2) is 11.5 Å². The highest BCUT2D eigenvalue weighted by atomic mass is 79.9. The molecule has 0 unspecified atom stereocenters. The molecule has 1 fully saturated rings. The molecule has 180 valence electrons. The van der Waals surface area contributed by atoms with Crippen LogP contribution in [-0.4, -0.2) is 22.7 Å². The van der Waals surface area contributed by atoms with Gasteiger partial charge in [0.2, 0.25) is 0 Å². The number of carbonyl (C=O) groups excluding carboxylic acids is 2. The van der Waals surface area contributed by atoms with Crippen LogP contribution in [0.4, 0.5) is 13.6 Å². The summed E-state index contributed by atoms with van der Waals surface area (Å²) in [6.45, 7) is 2.24. The SMILES string of the molecule is CCOc1cc(/C=C2\SC(=O)N(Cc3ccc(F)cc3)C2=O)cc(Br)c1OCc1ccccc1F. The van der Waals surface area contributed by atoms with Crippen LogP contribution in [0.1, 0.15) is 23.6 Å². The van der Waals surface area contributed by atoms with E-state index in [1.54, 1.807) is 36.4 Å². The van der Waals surface area contributed by atoms with E-state index in [0.29, 0.717) is 39.3 Å². The predicted molar refractivity (Wildman–Crippen MR) is 134 cm³/mol. The van der Waals surface area contributed by atoms with Crippen molar-refractivity contribution in [2.75, 3.05) is 6.61 Å². The summed E-state index contributed by atoms with van der Waals surface area (Å²) < 4.78 is 39.3. The van der Waals surface area contributed by atoms with Crippen molar-refractivity contribution in [1.29, 1.82) is 0 Å². The van der Waals surface area contributed by atoms with Crippen LogP contribution in [0.3, 0.4) is 0 Å². The van der Waals surface area contributed by atoms with E-state index < -0.39 is 11.1 Å². The van der Waals surface area contributed by atoms with E-state index in [2.05, 4.69) is 15.9 Å². The van der Waals surface area contributed by atoms with Gasteiger partial charge in [0.05, 0.1) is 22.5 Å². The van der Waals surface area contributed by atoms with E-state index in [4.69, 9.17) is 9.47 Å². The zero-order valence-corrected chi connectivity index (χ0v) is 21.0. The van der Waals surface area contributed by atoms with Crippen molar-refractivity contribution >= 4 is 44.9 Å². The van der Waals surface area contributed by atoms with E-state index in [1.165, 1.54) is 30.3 Å². The predicted octanol–water partition coefficient (Wildman–Crippen LogP) is 6.94. The van der Waals surface area contributed by atoms with E-state index in [-0.39, 0.29) is 29.7 Å². The number of imide groups is 1. The quantitative estimate of drug-likeness (QED) is 0.280. The van der Waals surface area contributed by atoms with Gasteiger partial charge in [0.1, 0.15) is 18.2 Å². The summed E-state index contributed by atoms with van der Waals surface area (Å²) in [6, 6.07) is 15.4. The zero-order valence-electron chi connectivity index (χ0n) is 18.6. The number of halogens is 3. The number of benzene rings is 3. The van der Waals surface area contributed by atoms with Gasteiger partial charge in [-0.05, 0) is 82.2 Å². The number of thioether (sulfide) groups is 1. The highest BCUT2D eigenvalue weighted by molar-refractivity contribution is 9.10. The molecule has 0 aliphatic carbocycles. The summed E-state index contributed by atoms with van der Waals surface area (Å²) >= 11 is 4.30. The monoisotopic (exact) mass is 559 g/mol. The third-order valence-corrected chi connectivity index (χ3v) is 6.58. The number of hydrogen-bond donors (Lipinski definition) is 0. The van der Waals surface area contributed by atoms with Crippen molar-refractivity contribution < 1.29 is 27.8 Å². The lowest BCUT2D eigenvalue weighted by Crippen LogP contribution is -2.27. The Bertz CT molecular complexity index is 1300. The van der Waals surface area contributed by atoms with Crippen LogP contribution in [0.25, 0.3) is 6.08 Å². The molecule has 1 heterocycles. The highest BCUT2D eigenvalue weighted by Gasteiger charge is 2.35. The van der Waals surface area contributed by atoms with Crippen molar-refractivity contribution in [2.24, 2.45) is 0 Å². The zero-order chi connectivity index (χ0) is 24.9. The first-order valence-corrected chi connectivity index (χ1v) is 12.3.